The van der Waals surface area contributed by atoms with E-state index in [0.717, 1.165) is 16.7 Å². The van der Waals surface area contributed by atoms with E-state index in [4.69, 9.17) is 15.3 Å². The van der Waals surface area contributed by atoms with Crippen LogP contribution in [-0.2, 0) is 11.3 Å². The van der Waals surface area contributed by atoms with E-state index < -0.39 is 12.1 Å². The van der Waals surface area contributed by atoms with Crippen LogP contribution in [0.15, 0.2) is 59.1 Å². The predicted molar refractivity (Wildman–Crippen MR) is 127 cm³/mol. The van der Waals surface area contributed by atoms with Crippen LogP contribution in [0.25, 0.3) is 10.8 Å². The second kappa shape index (κ2) is 9.82. The monoisotopic (exact) mass is 521 g/mol. The highest BCUT2D eigenvalue weighted by atomic mass is 79.9. The van der Waals surface area contributed by atoms with Crippen LogP contribution in [0, 0.1) is 12.3 Å². The third-order valence-corrected chi connectivity index (χ3v) is 6.05. The van der Waals surface area contributed by atoms with Gasteiger partial charge < -0.3 is 15.3 Å². The lowest BCUT2D eigenvalue weighted by Crippen LogP contribution is -2.39. The fourth-order valence-corrected chi connectivity index (χ4v) is 4.25. The number of benzene rings is 3. The molecule has 1 atom stereocenters. The zero-order chi connectivity index (χ0) is 24.3. The van der Waals surface area contributed by atoms with Gasteiger partial charge >= 0.3 is 12.1 Å². The number of rotatable bonds is 2. The summed E-state index contributed by atoms with van der Waals surface area (Å²) in [5.41, 5.74) is 4.93. The lowest BCUT2D eigenvalue weighted by molar-refractivity contribution is -0.192. The van der Waals surface area contributed by atoms with E-state index >= 15 is 0 Å². The zero-order valence-corrected chi connectivity index (χ0v) is 19.6. The van der Waals surface area contributed by atoms with Crippen LogP contribution in [0.3, 0.4) is 0 Å². The molecule has 5 nitrogen and oxygen atoms in total. The molecule has 0 aromatic heterocycles. The highest BCUT2D eigenvalue weighted by Crippen LogP contribution is 2.42. The van der Waals surface area contributed by atoms with Crippen molar-refractivity contribution in [2.75, 3.05) is 11.4 Å². The average molecular weight is 522 g/mol. The van der Waals surface area contributed by atoms with Crippen molar-refractivity contribution in [1.82, 2.24) is 5.32 Å². The van der Waals surface area contributed by atoms with Gasteiger partial charge in [-0.1, -0.05) is 70.9 Å². The van der Waals surface area contributed by atoms with Crippen molar-refractivity contribution >= 4 is 44.3 Å². The minimum Gasteiger partial charge on any atom is -0.475 e. The summed E-state index contributed by atoms with van der Waals surface area (Å²) in [5, 5.41) is 21.5. The van der Waals surface area contributed by atoms with Crippen LogP contribution < -0.4 is 10.2 Å². The van der Waals surface area contributed by atoms with Gasteiger partial charge in [0.05, 0.1) is 0 Å². The van der Waals surface area contributed by atoms with Gasteiger partial charge in [-0.15, -0.1) is 0 Å². The second-order valence-corrected chi connectivity index (χ2v) is 8.69. The maximum atomic E-state index is 10.6. The molecule has 0 radical (unpaired) electrons. The van der Waals surface area contributed by atoms with Crippen LogP contribution >= 0.6 is 15.9 Å². The molecule has 4 rings (SSSR count). The molecule has 0 bridgehead atoms. The van der Waals surface area contributed by atoms with Gasteiger partial charge in [-0.3, -0.25) is 5.41 Å². The summed E-state index contributed by atoms with van der Waals surface area (Å²) in [6.45, 7) is 5.83. The summed E-state index contributed by atoms with van der Waals surface area (Å²) >= 11 is 3.66. The zero-order valence-electron chi connectivity index (χ0n) is 18.0. The molecule has 3 aromatic rings. The lowest BCUT2D eigenvalue weighted by atomic mass is 9.96. The van der Waals surface area contributed by atoms with E-state index in [1.807, 2.05) is 0 Å². The fraction of sp³-hybridized carbons (Fsp3) is 0.250. The number of hydrogen-bond acceptors (Lipinski definition) is 2. The number of fused-ring (bicyclic) bond motifs is 3. The number of alkyl halides is 3. The van der Waals surface area contributed by atoms with Gasteiger partial charge in [0.1, 0.15) is 0 Å². The van der Waals surface area contributed by atoms with Crippen molar-refractivity contribution in [3.63, 3.8) is 0 Å². The van der Waals surface area contributed by atoms with Crippen molar-refractivity contribution in [2.24, 2.45) is 0 Å². The van der Waals surface area contributed by atoms with E-state index in [9.17, 15) is 13.2 Å². The van der Waals surface area contributed by atoms with Gasteiger partial charge in [-0.2, -0.15) is 13.2 Å². The Hall–Kier alpha value is -3.07. The molecule has 0 aliphatic carbocycles. The van der Waals surface area contributed by atoms with E-state index in [-0.39, 0.29) is 0 Å². The molecule has 1 aliphatic rings. The molecule has 9 heteroatoms. The third kappa shape index (κ3) is 5.65. The number of nitrogens with one attached hydrogen (secondary N) is 2. The first kappa shape index (κ1) is 24.6. The lowest BCUT2D eigenvalue weighted by Gasteiger charge is -2.21. The molecule has 0 saturated carbocycles. The van der Waals surface area contributed by atoms with E-state index in [1.165, 1.54) is 27.5 Å². The van der Waals surface area contributed by atoms with Crippen molar-refractivity contribution in [3.8, 4) is 0 Å². The summed E-state index contributed by atoms with van der Waals surface area (Å²) in [5.74, 6) is -1.90. The Balaban J connectivity index is 0.000000383. The van der Waals surface area contributed by atoms with Gasteiger partial charge in [0, 0.05) is 29.2 Å². The molecule has 0 amide bonds. The summed E-state index contributed by atoms with van der Waals surface area (Å²) in [6, 6.07) is 19.1. The number of carboxylic acid groups (broad SMARTS) is 1. The first-order valence-electron chi connectivity index (χ1n) is 10.2. The molecule has 1 aliphatic heterocycles. The van der Waals surface area contributed by atoms with E-state index in [1.54, 1.807) is 0 Å². The number of guanidine groups is 1. The summed E-state index contributed by atoms with van der Waals surface area (Å²) in [7, 11) is 0. The SMILES string of the molecule is Cc1ccc(CNC(=N)N2CC(C)c3c2ccc2c(Br)cccc32)cc1.O=C(O)C(F)(F)F. The van der Waals surface area contributed by atoms with E-state index in [2.05, 4.69) is 94.6 Å². The number of carbonyl (C=O) groups is 1. The van der Waals surface area contributed by atoms with Crippen LogP contribution in [0.5, 0.6) is 0 Å². The second-order valence-electron chi connectivity index (χ2n) is 7.84. The Morgan fingerprint density at radius 2 is 1.79 bits per heavy atom. The van der Waals surface area contributed by atoms with Gasteiger partial charge in [0.15, 0.2) is 5.96 Å². The summed E-state index contributed by atoms with van der Waals surface area (Å²) in [4.78, 5) is 11.0. The molecule has 0 fully saturated rings. The Morgan fingerprint density at radius 1 is 1.15 bits per heavy atom. The van der Waals surface area contributed by atoms with Gasteiger partial charge in [0.2, 0.25) is 0 Å². The van der Waals surface area contributed by atoms with Crippen LogP contribution in [0.2, 0.25) is 0 Å². The smallest absolute Gasteiger partial charge is 0.475 e. The molecule has 0 spiro atoms. The van der Waals surface area contributed by atoms with Crippen molar-refractivity contribution < 1.29 is 23.1 Å². The summed E-state index contributed by atoms with van der Waals surface area (Å²) < 4.78 is 32.9. The number of aliphatic carboxylic acids is 1. The highest BCUT2D eigenvalue weighted by Gasteiger charge is 2.38. The predicted octanol–water partition coefficient (Wildman–Crippen LogP) is 6.19. The van der Waals surface area contributed by atoms with E-state index in [0.29, 0.717) is 18.4 Å². The number of carboxylic acids is 1. The molecule has 3 N–H and O–H groups in total. The molecule has 3 aromatic carbocycles. The molecular weight excluding hydrogens is 499 g/mol. The molecule has 33 heavy (non-hydrogen) atoms. The largest absolute Gasteiger partial charge is 0.490 e. The third-order valence-electron chi connectivity index (χ3n) is 5.36. The Kier molecular flexibility index (Phi) is 7.31. The molecular formula is C24H23BrF3N3O2. The number of aryl methyl sites for hydroxylation is 1. The standard InChI is InChI=1S/C22H22BrN3.C2HF3O2/c1-14-6-8-16(9-7-14)12-25-22(24)26-13-15(2)21-18-4-3-5-19(23)17(18)10-11-20(21)26;3-2(4,5)1(6)7/h3-11,15H,12-13H2,1-2H3,(H2,24,25);(H,6,7). The molecule has 1 unspecified atom stereocenters. The summed E-state index contributed by atoms with van der Waals surface area (Å²) in [6.07, 6.45) is -5.08. The number of nitrogens with zero attached hydrogens (tertiary/aromatic N) is 1. The van der Waals surface area contributed by atoms with Crippen molar-refractivity contribution in [2.45, 2.75) is 32.5 Å². The number of halogens is 4. The normalized spacial score (nSPS) is 15.0. The first-order valence-corrected chi connectivity index (χ1v) is 10.9. The maximum Gasteiger partial charge on any atom is 0.490 e. The van der Waals surface area contributed by atoms with Crippen LogP contribution in [0.1, 0.15) is 29.5 Å². The molecule has 174 valence electrons. The number of anilines is 1. The minimum atomic E-state index is -5.08. The topological polar surface area (TPSA) is 76.4 Å². The highest BCUT2D eigenvalue weighted by molar-refractivity contribution is 9.10. The average Bonchev–Trinajstić information content (AvgIpc) is 3.10. The van der Waals surface area contributed by atoms with Crippen molar-refractivity contribution in [1.29, 1.82) is 5.41 Å². The Morgan fingerprint density at radius 3 is 2.39 bits per heavy atom. The Bertz CT molecular complexity index is 1180. The number of hydrogen-bond donors (Lipinski definition) is 3. The van der Waals surface area contributed by atoms with Crippen LogP contribution in [-0.4, -0.2) is 29.8 Å². The van der Waals surface area contributed by atoms with Gasteiger partial charge in [-0.25, -0.2) is 4.79 Å². The fourth-order valence-electron chi connectivity index (χ4n) is 3.75. The quantitative estimate of drug-likeness (QED) is 0.277. The van der Waals surface area contributed by atoms with Crippen molar-refractivity contribution in [3.05, 3.63) is 75.8 Å². The minimum absolute atomic E-state index is 0.393. The molecule has 0 saturated heterocycles. The van der Waals surface area contributed by atoms with Crippen LogP contribution in [0.4, 0.5) is 18.9 Å². The Labute approximate surface area is 197 Å². The van der Waals surface area contributed by atoms with Gasteiger partial charge in [0.25, 0.3) is 0 Å². The molecule has 1 heterocycles. The van der Waals surface area contributed by atoms with Gasteiger partial charge in [-0.05, 0) is 41.0 Å². The maximum absolute atomic E-state index is 10.6. The first-order chi connectivity index (χ1) is 15.5.